The number of hydrogen-bond donors (Lipinski definition) is 3. The van der Waals surface area contributed by atoms with E-state index in [-0.39, 0.29) is 18.8 Å². The maximum Gasteiger partial charge on any atom is 0.160 e. The van der Waals surface area contributed by atoms with Crippen LogP contribution in [0.2, 0.25) is 0 Å². The molecule has 4 nitrogen and oxygen atoms in total. The first-order valence-corrected chi connectivity index (χ1v) is 5.56. The highest BCUT2D eigenvalue weighted by Crippen LogP contribution is 2.21. The van der Waals surface area contributed by atoms with Crippen LogP contribution in [0.1, 0.15) is 40.9 Å². The molecule has 0 aromatic heterocycles. The summed E-state index contributed by atoms with van der Waals surface area (Å²) in [6.07, 6.45) is -1.92. The highest BCUT2D eigenvalue weighted by molar-refractivity contribution is 5.95. The molecule has 1 aromatic rings. The van der Waals surface area contributed by atoms with E-state index in [0.717, 1.165) is 5.56 Å². The summed E-state index contributed by atoms with van der Waals surface area (Å²) in [5.41, 5.74) is 1.93. The second-order valence-electron chi connectivity index (χ2n) is 4.16. The number of Topliss-reactive ketones (excluding diaryl/α,β-unsaturated/α-hetero) is 1. The van der Waals surface area contributed by atoms with Crippen molar-refractivity contribution >= 4 is 5.78 Å². The number of aliphatic hydroxyl groups is 3. The summed E-state index contributed by atoms with van der Waals surface area (Å²) in [7, 11) is 0. The summed E-state index contributed by atoms with van der Waals surface area (Å²) >= 11 is 0. The monoisotopic (exact) mass is 238 g/mol. The van der Waals surface area contributed by atoms with E-state index in [1.54, 1.807) is 25.1 Å². The van der Waals surface area contributed by atoms with Gasteiger partial charge in [0.15, 0.2) is 5.78 Å². The minimum absolute atomic E-state index is 0.0283. The smallest absolute Gasteiger partial charge is 0.160 e. The lowest BCUT2D eigenvalue weighted by atomic mass is 9.96. The second-order valence-corrected chi connectivity index (χ2v) is 4.16. The minimum atomic E-state index is -1.04. The lowest BCUT2D eigenvalue weighted by Crippen LogP contribution is -2.19. The van der Waals surface area contributed by atoms with Gasteiger partial charge in [0, 0.05) is 12.2 Å². The van der Waals surface area contributed by atoms with E-state index in [2.05, 4.69) is 0 Å². The van der Waals surface area contributed by atoms with Gasteiger partial charge in [-0.05, 0) is 31.4 Å². The number of ketones is 1. The van der Waals surface area contributed by atoms with Crippen molar-refractivity contribution in [3.63, 3.8) is 0 Å². The van der Waals surface area contributed by atoms with E-state index >= 15 is 0 Å². The zero-order chi connectivity index (χ0) is 13.0. The summed E-state index contributed by atoms with van der Waals surface area (Å²) in [4.78, 5) is 11.2. The van der Waals surface area contributed by atoms with Crippen LogP contribution < -0.4 is 0 Å². The Morgan fingerprint density at radius 3 is 2.47 bits per heavy atom. The van der Waals surface area contributed by atoms with E-state index in [9.17, 15) is 15.0 Å². The van der Waals surface area contributed by atoms with Crippen LogP contribution in [0.5, 0.6) is 0 Å². The molecule has 0 saturated heterocycles. The Hall–Kier alpha value is -1.23. The predicted molar refractivity (Wildman–Crippen MR) is 63.9 cm³/mol. The lowest BCUT2D eigenvalue weighted by Gasteiger charge is -2.18. The van der Waals surface area contributed by atoms with Gasteiger partial charge in [-0.15, -0.1) is 0 Å². The topological polar surface area (TPSA) is 77.8 Å². The van der Waals surface area contributed by atoms with Crippen LogP contribution in [-0.2, 0) is 0 Å². The van der Waals surface area contributed by atoms with E-state index in [0.29, 0.717) is 11.1 Å². The summed E-state index contributed by atoms with van der Waals surface area (Å²) in [6, 6.07) is 4.94. The molecule has 17 heavy (non-hydrogen) atoms. The van der Waals surface area contributed by atoms with E-state index in [1.807, 2.05) is 0 Å². The van der Waals surface area contributed by atoms with Crippen molar-refractivity contribution in [3.05, 3.63) is 34.9 Å². The molecular weight excluding hydrogens is 220 g/mol. The Morgan fingerprint density at radius 2 is 2.00 bits per heavy atom. The van der Waals surface area contributed by atoms with Crippen LogP contribution in [-0.4, -0.2) is 33.8 Å². The van der Waals surface area contributed by atoms with Crippen molar-refractivity contribution in [1.29, 1.82) is 0 Å². The molecule has 0 saturated carbocycles. The SMILES string of the molecule is CC(=O)c1ccc(C(O)C(O)CCO)cc1C. The van der Waals surface area contributed by atoms with Gasteiger partial charge in [-0.25, -0.2) is 0 Å². The fraction of sp³-hybridized carbons (Fsp3) is 0.462. The minimum Gasteiger partial charge on any atom is -0.396 e. The van der Waals surface area contributed by atoms with Crippen molar-refractivity contribution in [1.82, 2.24) is 0 Å². The molecule has 0 radical (unpaired) electrons. The number of carbonyl (C=O) groups is 1. The lowest BCUT2D eigenvalue weighted by molar-refractivity contribution is 0.00419. The number of aryl methyl sites for hydroxylation is 1. The third-order valence-electron chi connectivity index (χ3n) is 2.76. The molecule has 0 aliphatic carbocycles. The molecule has 4 heteroatoms. The number of rotatable bonds is 5. The van der Waals surface area contributed by atoms with Gasteiger partial charge in [0.1, 0.15) is 6.10 Å². The number of benzene rings is 1. The Kier molecular flexibility index (Phi) is 4.81. The fourth-order valence-corrected chi connectivity index (χ4v) is 1.78. The summed E-state index contributed by atoms with van der Waals surface area (Å²) in [5, 5.41) is 28.1. The molecule has 0 fully saturated rings. The number of aliphatic hydroxyl groups excluding tert-OH is 3. The molecule has 3 N–H and O–H groups in total. The van der Waals surface area contributed by atoms with Crippen LogP contribution in [0, 0.1) is 6.92 Å². The van der Waals surface area contributed by atoms with Crippen molar-refractivity contribution < 1.29 is 20.1 Å². The second kappa shape index (κ2) is 5.91. The Bertz CT molecular complexity index is 400. The fourth-order valence-electron chi connectivity index (χ4n) is 1.78. The molecule has 1 aromatic carbocycles. The van der Waals surface area contributed by atoms with E-state index in [1.165, 1.54) is 6.92 Å². The van der Waals surface area contributed by atoms with Gasteiger partial charge in [0.2, 0.25) is 0 Å². The largest absolute Gasteiger partial charge is 0.396 e. The maximum absolute atomic E-state index is 11.2. The zero-order valence-electron chi connectivity index (χ0n) is 10.1. The Balaban J connectivity index is 2.93. The highest BCUT2D eigenvalue weighted by Gasteiger charge is 2.18. The van der Waals surface area contributed by atoms with Crippen LogP contribution in [0.25, 0.3) is 0 Å². The molecule has 0 aliphatic heterocycles. The highest BCUT2D eigenvalue weighted by atomic mass is 16.3. The van der Waals surface area contributed by atoms with Crippen molar-refractivity contribution in [3.8, 4) is 0 Å². The van der Waals surface area contributed by atoms with Gasteiger partial charge in [-0.1, -0.05) is 18.2 Å². The van der Waals surface area contributed by atoms with Gasteiger partial charge in [0.05, 0.1) is 6.10 Å². The third kappa shape index (κ3) is 3.36. The standard InChI is InChI=1S/C13H18O4/c1-8-7-10(3-4-11(8)9(2)15)13(17)12(16)5-6-14/h3-4,7,12-14,16-17H,5-6H2,1-2H3. The average Bonchev–Trinajstić information content (AvgIpc) is 2.27. The summed E-state index contributed by atoms with van der Waals surface area (Å²) in [5.74, 6) is -0.0283. The summed E-state index contributed by atoms with van der Waals surface area (Å²) < 4.78 is 0. The molecule has 2 unspecified atom stereocenters. The molecule has 0 amide bonds. The van der Waals surface area contributed by atoms with Crippen LogP contribution in [0.3, 0.4) is 0 Å². The molecule has 0 aliphatic rings. The summed E-state index contributed by atoms with van der Waals surface area (Å²) in [6.45, 7) is 3.09. The molecule has 1 rings (SSSR count). The molecule has 0 heterocycles. The Morgan fingerprint density at radius 1 is 1.35 bits per heavy atom. The first-order valence-electron chi connectivity index (χ1n) is 5.56. The average molecular weight is 238 g/mol. The number of hydrogen-bond acceptors (Lipinski definition) is 4. The molecule has 0 bridgehead atoms. The van der Waals surface area contributed by atoms with Crippen LogP contribution in [0.15, 0.2) is 18.2 Å². The molecule has 94 valence electrons. The van der Waals surface area contributed by atoms with E-state index in [4.69, 9.17) is 5.11 Å². The number of carbonyl (C=O) groups excluding carboxylic acids is 1. The van der Waals surface area contributed by atoms with Gasteiger partial charge in [-0.2, -0.15) is 0 Å². The van der Waals surface area contributed by atoms with Crippen LogP contribution >= 0.6 is 0 Å². The van der Waals surface area contributed by atoms with Gasteiger partial charge in [-0.3, -0.25) is 4.79 Å². The molecular formula is C13H18O4. The van der Waals surface area contributed by atoms with Gasteiger partial charge < -0.3 is 15.3 Å². The molecule has 0 spiro atoms. The predicted octanol–water partition coefficient (Wildman–Crippen LogP) is 0.974. The van der Waals surface area contributed by atoms with Crippen molar-refractivity contribution in [2.75, 3.05) is 6.61 Å². The zero-order valence-corrected chi connectivity index (χ0v) is 10.1. The first kappa shape index (κ1) is 13.8. The molecule has 2 atom stereocenters. The van der Waals surface area contributed by atoms with Gasteiger partial charge in [0.25, 0.3) is 0 Å². The van der Waals surface area contributed by atoms with Crippen LogP contribution in [0.4, 0.5) is 0 Å². The Labute approximate surface area is 101 Å². The van der Waals surface area contributed by atoms with Crippen molar-refractivity contribution in [2.45, 2.75) is 32.5 Å². The third-order valence-corrected chi connectivity index (χ3v) is 2.76. The van der Waals surface area contributed by atoms with Gasteiger partial charge >= 0.3 is 0 Å². The quantitative estimate of drug-likeness (QED) is 0.668. The normalized spacial score (nSPS) is 14.4. The van der Waals surface area contributed by atoms with E-state index < -0.39 is 12.2 Å². The maximum atomic E-state index is 11.2. The first-order chi connectivity index (χ1) is 7.97. The van der Waals surface area contributed by atoms with Crippen molar-refractivity contribution in [2.24, 2.45) is 0 Å².